The molecule has 2 nitrogen and oxygen atoms in total. The number of hydrogen-bond donors (Lipinski definition) is 0. The Balaban J connectivity index is 0.925. The molecule has 0 heterocycles. The van der Waals surface area contributed by atoms with Crippen LogP contribution < -0.4 is 9.80 Å². The first-order valence-electron chi connectivity index (χ1n) is 26.0. The molecule has 0 saturated heterocycles. The molecule has 0 spiro atoms. The molecule has 12 aromatic rings. The third-order valence-electron chi connectivity index (χ3n) is 15.3. The molecule has 0 saturated carbocycles. The smallest absolute Gasteiger partial charge is 0.0540 e. The molecule has 0 radical (unpaired) electrons. The fourth-order valence-corrected chi connectivity index (χ4v) is 11.5. The highest BCUT2D eigenvalue weighted by Gasteiger charge is 2.36. The van der Waals surface area contributed by atoms with Gasteiger partial charge >= 0.3 is 0 Å². The van der Waals surface area contributed by atoms with Gasteiger partial charge in [-0.1, -0.05) is 226 Å². The summed E-state index contributed by atoms with van der Waals surface area (Å²) >= 11 is 0. The van der Waals surface area contributed by atoms with Crippen molar-refractivity contribution in [2.24, 2.45) is 0 Å². The lowest BCUT2D eigenvalue weighted by molar-refractivity contribution is 0.660. The average molecular weight is 959 g/mol. The highest BCUT2D eigenvalue weighted by atomic mass is 15.1. The van der Waals surface area contributed by atoms with Crippen LogP contribution in [0.4, 0.5) is 34.1 Å². The summed E-state index contributed by atoms with van der Waals surface area (Å²) in [5.74, 6) is 0. The van der Waals surface area contributed by atoms with Gasteiger partial charge in [-0.3, -0.25) is 0 Å². The van der Waals surface area contributed by atoms with E-state index in [1.54, 1.807) is 0 Å². The SMILES string of the molecule is CC1(C)c2ccccc2-c2ccc(N(c3ccc(-c4cc(-c5ccccc5)c(-c5ccc(N(c6ccccc6)c6ccc(-c7ccccc7)cc6)cc5)cc4-c4ccccc4)cc3)c3cccc4ccccc34)cc21. The fourth-order valence-electron chi connectivity index (χ4n) is 11.5. The van der Waals surface area contributed by atoms with E-state index in [0.717, 1.165) is 45.3 Å². The number of nitrogens with zero attached hydrogens (tertiary/aromatic N) is 2. The van der Waals surface area contributed by atoms with Crippen LogP contribution in [0, 0.1) is 0 Å². The van der Waals surface area contributed by atoms with Crippen molar-refractivity contribution in [2.45, 2.75) is 19.3 Å². The van der Waals surface area contributed by atoms with Crippen molar-refractivity contribution in [3.05, 3.63) is 302 Å². The van der Waals surface area contributed by atoms with Crippen molar-refractivity contribution in [3.63, 3.8) is 0 Å². The Morgan fingerprint density at radius 1 is 0.240 bits per heavy atom. The van der Waals surface area contributed by atoms with Crippen molar-refractivity contribution < 1.29 is 0 Å². The van der Waals surface area contributed by atoms with Crippen LogP contribution in [0.5, 0.6) is 0 Å². The Morgan fingerprint density at radius 3 is 1.20 bits per heavy atom. The summed E-state index contributed by atoms with van der Waals surface area (Å²) in [7, 11) is 0. The van der Waals surface area contributed by atoms with Gasteiger partial charge in [0.15, 0.2) is 0 Å². The van der Waals surface area contributed by atoms with E-state index < -0.39 is 0 Å². The van der Waals surface area contributed by atoms with E-state index in [1.807, 2.05) is 0 Å². The van der Waals surface area contributed by atoms with Gasteiger partial charge in [-0.25, -0.2) is 0 Å². The Hall–Kier alpha value is -9.50. The molecule has 0 aromatic heterocycles. The van der Waals surface area contributed by atoms with E-state index in [0.29, 0.717) is 0 Å². The summed E-state index contributed by atoms with van der Waals surface area (Å²) < 4.78 is 0. The minimum absolute atomic E-state index is 0.132. The maximum Gasteiger partial charge on any atom is 0.0540 e. The molecule has 356 valence electrons. The van der Waals surface area contributed by atoms with Crippen molar-refractivity contribution in [1.29, 1.82) is 0 Å². The first-order valence-corrected chi connectivity index (χ1v) is 26.0. The summed E-state index contributed by atoms with van der Waals surface area (Å²) in [6.07, 6.45) is 0. The molecule has 0 aliphatic heterocycles. The zero-order valence-corrected chi connectivity index (χ0v) is 42.1. The minimum Gasteiger partial charge on any atom is -0.311 e. The Kier molecular flexibility index (Phi) is 11.6. The van der Waals surface area contributed by atoms with Gasteiger partial charge in [-0.05, 0) is 162 Å². The van der Waals surface area contributed by atoms with Crippen LogP contribution in [0.2, 0.25) is 0 Å². The molecular formula is C73H54N2. The average Bonchev–Trinajstić information content (AvgIpc) is 3.75. The molecule has 0 atom stereocenters. The summed E-state index contributed by atoms with van der Waals surface area (Å²) in [6, 6.07) is 106. The summed E-state index contributed by atoms with van der Waals surface area (Å²) in [6.45, 7) is 4.72. The van der Waals surface area contributed by atoms with E-state index >= 15 is 0 Å². The maximum atomic E-state index is 2.45. The Morgan fingerprint density at radius 2 is 0.627 bits per heavy atom. The lowest BCUT2D eigenvalue weighted by Crippen LogP contribution is -2.16. The van der Waals surface area contributed by atoms with Gasteiger partial charge in [0.2, 0.25) is 0 Å². The summed E-state index contributed by atoms with van der Waals surface area (Å²) in [5.41, 5.74) is 23.6. The topological polar surface area (TPSA) is 6.48 Å². The quantitative estimate of drug-likeness (QED) is 0.127. The number of para-hydroxylation sites is 1. The van der Waals surface area contributed by atoms with Crippen LogP contribution in [0.1, 0.15) is 25.0 Å². The van der Waals surface area contributed by atoms with Gasteiger partial charge < -0.3 is 9.80 Å². The van der Waals surface area contributed by atoms with E-state index in [9.17, 15) is 0 Å². The number of hydrogen-bond acceptors (Lipinski definition) is 2. The molecule has 2 heteroatoms. The normalized spacial score (nSPS) is 12.2. The molecule has 0 bridgehead atoms. The maximum absolute atomic E-state index is 2.45. The molecule has 0 fully saturated rings. The molecule has 1 aliphatic carbocycles. The molecule has 13 rings (SSSR count). The van der Waals surface area contributed by atoms with E-state index in [2.05, 4.69) is 315 Å². The molecule has 75 heavy (non-hydrogen) atoms. The van der Waals surface area contributed by atoms with Crippen LogP contribution in [0.15, 0.2) is 291 Å². The van der Waals surface area contributed by atoms with Gasteiger partial charge in [0.1, 0.15) is 0 Å². The Labute approximate surface area is 440 Å². The molecule has 12 aromatic carbocycles. The molecular weight excluding hydrogens is 905 g/mol. The highest BCUT2D eigenvalue weighted by Crippen LogP contribution is 2.52. The Bertz CT molecular complexity index is 3970. The first kappa shape index (κ1) is 45.4. The first-order chi connectivity index (χ1) is 37.0. The van der Waals surface area contributed by atoms with Crippen LogP contribution in [0.3, 0.4) is 0 Å². The van der Waals surface area contributed by atoms with Crippen LogP contribution >= 0.6 is 0 Å². The number of benzene rings is 12. The summed E-state index contributed by atoms with van der Waals surface area (Å²) in [5, 5.41) is 2.42. The van der Waals surface area contributed by atoms with Gasteiger partial charge in [-0.2, -0.15) is 0 Å². The lowest BCUT2D eigenvalue weighted by atomic mass is 9.82. The number of rotatable bonds is 11. The standard InChI is InChI=1S/C73H54N2/c1-73(2)70-32-18-17-31-64(70)65-47-46-62(48-71(65)73)75(72-33-19-27-53-26-15-16-30-63(53)72)61-44-38-57(39-45-61)69-50-66(54-22-9-4-10-23-54)68(49-67(69)55-24-11-5-12-25-55)56-36-42-60(43-37-56)74(58-28-13-6-14-29-58)59-40-34-52(35-41-59)51-20-7-3-8-21-51/h3-50H,1-2H3. The highest BCUT2D eigenvalue weighted by molar-refractivity contribution is 6.00. The molecule has 0 N–H and O–H groups in total. The predicted octanol–water partition coefficient (Wildman–Crippen LogP) is 20.4. The lowest BCUT2D eigenvalue weighted by Gasteiger charge is -2.29. The van der Waals surface area contributed by atoms with Crippen molar-refractivity contribution in [2.75, 3.05) is 9.80 Å². The van der Waals surface area contributed by atoms with E-state index in [-0.39, 0.29) is 5.41 Å². The second kappa shape index (κ2) is 19.2. The molecule has 0 amide bonds. The van der Waals surface area contributed by atoms with Gasteiger partial charge in [0, 0.05) is 39.2 Å². The zero-order chi connectivity index (χ0) is 50.3. The minimum atomic E-state index is -0.132. The largest absolute Gasteiger partial charge is 0.311 e. The second-order valence-corrected chi connectivity index (χ2v) is 20.1. The van der Waals surface area contributed by atoms with Gasteiger partial charge in [0.25, 0.3) is 0 Å². The van der Waals surface area contributed by atoms with Crippen LogP contribution in [0.25, 0.3) is 77.5 Å². The molecule has 1 aliphatic rings. The third-order valence-corrected chi connectivity index (χ3v) is 15.3. The van der Waals surface area contributed by atoms with Crippen molar-refractivity contribution in [3.8, 4) is 66.8 Å². The third kappa shape index (κ3) is 8.37. The summed E-state index contributed by atoms with van der Waals surface area (Å²) in [4.78, 5) is 4.79. The van der Waals surface area contributed by atoms with Gasteiger partial charge in [-0.15, -0.1) is 0 Å². The van der Waals surface area contributed by atoms with Crippen LogP contribution in [-0.2, 0) is 5.41 Å². The number of anilines is 6. The van der Waals surface area contributed by atoms with Crippen molar-refractivity contribution in [1.82, 2.24) is 0 Å². The van der Waals surface area contributed by atoms with Gasteiger partial charge in [0.05, 0.1) is 5.69 Å². The monoisotopic (exact) mass is 958 g/mol. The van der Waals surface area contributed by atoms with E-state index in [1.165, 1.54) is 77.5 Å². The fraction of sp³-hybridized carbons (Fsp3) is 0.0411. The van der Waals surface area contributed by atoms with Crippen LogP contribution in [-0.4, -0.2) is 0 Å². The predicted molar refractivity (Wildman–Crippen MR) is 318 cm³/mol. The zero-order valence-electron chi connectivity index (χ0n) is 42.1. The second-order valence-electron chi connectivity index (χ2n) is 20.1. The van der Waals surface area contributed by atoms with Crippen molar-refractivity contribution >= 4 is 44.9 Å². The van der Waals surface area contributed by atoms with E-state index in [4.69, 9.17) is 0 Å². The molecule has 0 unspecified atom stereocenters. The number of fused-ring (bicyclic) bond motifs is 4.